The topological polar surface area (TPSA) is 63.6 Å². The molecule has 0 fully saturated rings. The number of rotatable bonds is 5. The van der Waals surface area contributed by atoms with E-state index in [1.807, 2.05) is 26.0 Å². The van der Waals surface area contributed by atoms with E-state index in [-0.39, 0.29) is 6.61 Å². The minimum absolute atomic E-state index is 0.0602. The zero-order valence-corrected chi connectivity index (χ0v) is 10.9. The van der Waals surface area contributed by atoms with Crippen LogP contribution < -0.4 is 0 Å². The van der Waals surface area contributed by atoms with Crippen molar-refractivity contribution in [1.29, 1.82) is 0 Å². The molecular weight excluding hydrogens is 240 g/mol. The summed E-state index contributed by atoms with van der Waals surface area (Å²) in [5.41, 5.74) is 1.79. The van der Waals surface area contributed by atoms with Crippen LogP contribution in [0.1, 0.15) is 11.1 Å². The van der Waals surface area contributed by atoms with E-state index >= 15 is 0 Å². The molecule has 4 nitrogen and oxygen atoms in total. The van der Waals surface area contributed by atoms with Crippen molar-refractivity contribution in [3.05, 3.63) is 29.3 Å². The number of hydrogen-bond acceptors (Lipinski definition) is 3. The number of aliphatic carboxylic acids is 1. The second kappa shape index (κ2) is 5.93. The Morgan fingerprint density at radius 2 is 2.12 bits per heavy atom. The lowest BCUT2D eigenvalue weighted by atomic mass is 10.2. The van der Waals surface area contributed by atoms with Crippen molar-refractivity contribution < 1.29 is 18.8 Å². The van der Waals surface area contributed by atoms with Crippen LogP contribution in [0.3, 0.4) is 0 Å². The number of aryl methyl sites for hydroxylation is 2. The minimum Gasteiger partial charge on any atom is -0.480 e. The molecule has 2 unspecified atom stereocenters. The zero-order chi connectivity index (χ0) is 13.0. The minimum atomic E-state index is -1.60. The van der Waals surface area contributed by atoms with Crippen molar-refractivity contribution in [2.75, 3.05) is 13.7 Å². The molecule has 0 aliphatic heterocycles. The molecule has 1 rings (SSSR count). The van der Waals surface area contributed by atoms with Gasteiger partial charge in [0.1, 0.15) is 0 Å². The Morgan fingerprint density at radius 3 is 2.65 bits per heavy atom. The van der Waals surface area contributed by atoms with Crippen molar-refractivity contribution in [3.63, 3.8) is 0 Å². The summed E-state index contributed by atoms with van der Waals surface area (Å²) >= 11 is 0. The van der Waals surface area contributed by atoms with Gasteiger partial charge >= 0.3 is 5.97 Å². The normalized spacial score (nSPS) is 14.3. The van der Waals surface area contributed by atoms with E-state index in [2.05, 4.69) is 0 Å². The number of methoxy groups -OCH3 is 1. The SMILES string of the molecule is COCC(C(=O)O)S(=O)c1cc(C)ccc1C. The van der Waals surface area contributed by atoms with Gasteiger partial charge in [-0.3, -0.25) is 9.00 Å². The Bertz CT molecular complexity index is 442. The Kier molecular flexibility index (Phi) is 4.84. The quantitative estimate of drug-likeness (QED) is 0.867. The summed E-state index contributed by atoms with van der Waals surface area (Å²) in [5, 5.41) is 8.00. The van der Waals surface area contributed by atoms with Gasteiger partial charge in [0.2, 0.25) is 0 Å². The fourth-order valence-corrected chi connectivity index (χ4v) is 2.89. The van der Waals surface area contributed by atoms with Crippen molar-refractivity contribution >= 4 is 16.8 Å². The third-order valence-corrected chi connectivity index (χ3v) is 4.14. The Labute approximate surface area is 103 Å². The lowest BCUT2D eigenvalue weighted by Gasteiger charge is -2.13. The van der Waals surface area contributed by atoms with Crippen molar-refractivity contribution in [2.45, 2.75) is 24.0 Å². The number of carboxylic acids is 1. The highest BCUT2D eigenvalue weighted by Gasteiger charge is 2.26. The van der Waals surface area contributed by atoms with Crippen LogP contribution in [0.2, 0.25) is 0 Å². The molecule has 17 heavy (non-hydrogen) atoms. The molecule has 1 N–H and O–H groups in total. The molecule has 5 heteroatoms. The van der Waals surface area contributed by atoms with Crippen LogP contribution in [0, 0.1) is 13.8 Å². The molecule has 0 spiro atoms. The van der Waals surface area contributed by atoms with Gasteiger partial charge in [0.15, 0.2) is 5.25 Å². The summed E-state index contributed by atoms with van der Waals surface area (Å²) in [4.78, 5) is 11.6. The Hall–Kier alpha value is -1.20. The lowest BCUT2D eigenvalue weighted by Crippen LogP contribution is -2.30. The molecule has 0 aromatic heterocycles. The van der Waals surface area contributed by atoms with E-state index in [1.54, 1.807) is 6.07 Å². The number of carboxylic acid groups (broad SMARTS) is 1. The van der Waals surface area contributed by atoms with Crippen LogP contribution in [0.15, 0.2) is 23.1 Å². The van der Waals surface area contributed by atoms with E-state index in [0.29, 0.717) is 4.90 Å². The summed E-state index contributed by atoms with van der Waals surface area (Å²) < 4.78 is 17.0. The van der Waals surface area contributed by atoms with Gasteiger partial charge in [0, 0.05) is 12.0 Å². The van der Waals surface area contributed by atoms with Gasteiger partial charge in [-0.05, 0) is 31.0 Å². The first-order valence-electron chi connectivity index (χ1n) is 5.17. The van der Waals surface area contributed by atoms with E-state index < -0.39 is 22.0 Å². The number of carbonyl (C=O) groups is 1. The van der Waals surface area contributed by atoms with Gasteiger partial charge in [-0.2, -0.15) is 0 Å². The summed E-state index contributed by atoms with van der Waals surface area (Å²) in [5.74, 6) is -1.11. The first kappa shape index (κ1) is 13.9. The van der Waals surface area contributed by atoms with Crippen LogP contribution in [-0.4, -0.2) is 34.3 Å². The van der Waals surface area contributed by atoms with Gasteiger partial charge in [0.25, 0.3) is 0 Å². The summed E-state index contributed by atoms with van der Waals surface area (Å²) in [6.07, 6.45) is 0. The third-order valence-electron chi connectivity index (χ3n) is 2.41. The highest BCUT2D eigenvalue weighted by atomic mass is 32.2. The second-order valence-corrected chi connectivity index (χ2v) is 5.45. The summed E-state index contributed by atoms with van der Waals surface area (Å²) in [7, 11) is -0.199. The molecule has 0 aliphatic rings. The molecule has 0 aliphatic carbocycles. The Morgan fingerprint density at radius 1 is 1.47 bits per heavy atom. The average Bonchev–Trinajstić information content (AvgIpc) is 2.28. The molecule has 0 bridgehead atoms. The standard InChI is InChI=1S/C12H16O4S/c1-8-4-5-9(2)10(6-8)17(15)11(7-16-3)12(13)14/h4-6,11H,7H2,1-3H3,(H,13,14). The number of hydrogen-bond donors (Lipinski definition) is 1. The molecular formula is C12H16O4S. The first-order chi connectivity index (χ1) is 7.97. The van der Waals surface area contributed by atoms with Crippen molar-refractivity contribution in [1.82, 2.24) is 0 Å². The van der Waals surface area contributed by atoms with E-state index in [4.69, 9.17) is 9.84 Å². The summed E-state index contributed by atoms with van der Waals surface area (Å²) in [6.45, 7) is 3.64. The predicted octanol–water partition coefficient (Wildman–Crippen LogP) is 1.51. The highest BCUT2D eigenvalue weighted by molar-refractivity contribution is 7.86. The van der Waals surface area contributed by atoms with E-state index in [1.165, 1.54) is 7.11 Å². The third kappa shape index (κ3) is 3.38. The smallest absolute Gasteiger partial charge is 0.322 e. The fourth-order valence-electron chi connectivity index (χ4n) is 1.45. The van der Waals surface area contributed by atoms with Gasteiger partial charge in [-0.1, -0.05) is 12.1 Å². The van der Waals surface area contributed by atoms with Crippen LogP contribution in [-0.2, 0) is 20.3 Å². The predicted molar refractivity (Wildman–Crippen MR) is 65.6 cm³/mol. The van der Waals surface area contributed by atoms with Crippen LogP contribution in [0.4, 0.5) is 0 Å². The molecule has 0 heterocycles. The molecule has 0 saturated carbocycles. The van der Waals surface area contributed by atoms with Gasteiger partial charge in [-0.25, -0.2) is 0 Å². The van der Waals surface area contributed by atoms with Crippen molar-refractivity contribution in [2.24, 2.45) is 0 Å². The van der Waals surface area contributed by atoms with Crippen LogP contribution >= 0.6 is 0 Å². The monoisotopic (exact) mass is 256 g/mol. The molecule has 0 saturated heterocycles. The van der Waals surface area contributed by atoms with Crippen LogP contribution in [0.5, 0.6) is 0 Å². The van der Waals surface area contributed by atoms with E-state index in [9.17, 15) is 9.00 Å². The molecule has 0 amide bonds. The molecule has 94 valence electrons. The molecule has 1 aromatic carbocycles. The maximum absolute atomic E-state index is 12.2. The fraction of sp³-hybridized carbons (Fsp3) is 0.417. The van der Waals surface area contributed by atoms with Crippen LogP contribution in [0.25, 0.3) is 0 Å². The average molecular weight is 256 g/mol. The zero-order valence-electron chi connectivity index (χ0n) is 10.1. The lowest BCUT2D eigenvalue weighted by molar-refractivity contribution is -0.137. The van der Waals surface area contributed by atoms with Gasteiger partial charge in [-0.15, -0.1) is 0 Å². The number of benzene rings is 1. The maximum Gasteiger partial charge on any atom is 0.322 e. The molecule has 1 aromatic rings. The largest absolute Gasteiger partial charge is 0.480 e. The van der Waals surface area contributed by atoms with Crippen molar-refractivity contribution in [3.8, 4) is 0 Å². The second-order valence-electron chi connectivity index (χ2n) is 3.85. The van der Waals surface area contributed by atoms with Gasteiger partial charge in [0.05, 0.1) is 17.4 Å². The first-order valence-corrected chi connectivity index (χ1v) is 6.38. The Balaban J connectivity index is 3.09. The number of ether oxygens (including phenoxy) is 1. The molecule has 2 atom stereocenters. The maximum atomic E-state index is 12.2. The molecule has 0 radical (unpaired) electrons. The van der Waals surface area contributed by atoms with E-state index in [0.717, 1.165) is 11.1 Å². The summed E-state index contributed by atoms with van der Waals surface area (Å²) in [6, 6.07) is 5.51. The highest BCUT2D eigenvalue weighted by Crippen LogP contribution is 2.18. The van der Waals surface area contributed by atoms with Gasteiger partial charge < -0.3 is 9.84 Å².